The Morgan fingerprint density at radius 2 is 1.73 bits per heavy atom. The quantitative estimate of drug-likeness (QED) is 0.768. The van der Waals surface area contributed by atoms with E-state index in [1.165, 1.54) is 11.3 Å². The molecule has 0 aromatic rings. The van der Waals surface area contributed by atoms with E-state index in [2.05, 4.69) is 5.32 Å². The molecule has 7 heteroatoms. The van der Waals surface area contributed by atoms with Crippen LogP contribution in [0.2, 0.25) is 0 Å². The maximum absolute atomic E-state index is 12.2. The van der Waals surface area contributed by atoms with Crippen molar-refractivity contribution in [3.05, 3.63) is 0 Å². The maximum Gasteiger partial charge on any atom is 0.229 e. The van der Waals surface area contributed by atoms with Crippen molar-refractivity contribution >= 4 is 30.1 Å². The minimum atomic E-state index is -0.137. The van der Waals surface area contributed by atoms with Crippen LogP contribution in [-0.4, -0.2) is 60.2 Å². The van der Waals surface area contributed by atoms with Crippen molar-refractivity contribution < 1.29 is 14.4 Å². The summed E-state index contributed by atoms with van der Waals surface area (Å²) in [6.45, 7) is 4.03. The molecule has 22 heavy (non-hydrogen) atoms. The van der Waals surface area contributed by atoms with Crippen LogP contribution in [0, 0.1) is 5.41 Å². The van der Waals surface area contributed by atoms with Crippen LogP contribution in [0.25, 0.3) is 0 Å². The molecule has 3 amide bonds. The SMILES string of the molecule is Cl.O=C(CCN1C(=O)CCC1=O)N1CCC2(CCNC2)CC1. The van der Waals surface area contributed by atoms with Crippen molar-refractivity contribution in [2.75, 3.05) is 32.7 Å². The van der Waals surface area contributed by atoms with Gasteiger partial charge in [0.1, 0.15) is 0 Å². The Labute approximate surface area is 137 Å². The van der Waals surface area contributed by atoms with E-state index in [4.69, 9.17) is 0 Å². The van der Waals surface area contributed by atoms with Gasteiger partial charge in [-0.15, -0.1) is 12.4 Å². The molecular formula is C15H24ClN3O3. The first-order valence-electron chi connectivity index (χ1n) is 7.91. The van der Waals surface area contributed by atoms with Gasteiger partial charge in [0.2, 0.25) is 17.7 Å². The van der Waals surface area contributed by atoms with Crippen LogP contribution in [0.5, 0.6) is 0 Å². The molecule has 1 N–H and O–H groups in total. The number of imide groups is 1. The molecule has 3 rings (SSSR count). The van der Waals surface area contributed by atoms with Crippen LogP contribution in [0.4, 0.5) is 0 Å². The molecule has 3 heterocycles. The van der Waals surface area contributed by atoms with E-state index in [0.29, 0.717) is 18.3 Å². The van der Waals surface area contributed by atoms with Crippen molar-refractivity contribution in [1.29, 1.82) is 0 Å². The highest BCUT2D eigenvalue weighted by Gasteiger charge is 2.38. The summed E-state index contributed by atoms with van der Waals surface area (Å²) in [7, 11) is 0. The van der Waals surface area contributed by atoms with Gasteiger partial charge in [0.15, 0.2) is 0 Å². The van der Waals surface area contributed by atoms with E-state index in [0.717, 1.165) is 39.0 Å². The number of halogens is 1. The Bertz CT molecular complexity index is 437. The molecule has 0 bridgehead atoms. The van der Waals surface area contributed by atoms with Gasteiger partial charge in [0, 0.05) is 45.4 Å². The third-order valence-electron chi connectivity index (χ3n) is 5.21. The number of nitrogens with zero attached hydrogens (tertiary/aromatic N) is 2. The number of hydrogen-bond acceptors (Lipinski definition) is 4. The number of hydrogen-bond donors (Lipinski definition) is 1. The maximum atomic E-state index is 12.2. The Balaban J connectivity index is 0.00000176. The van der Waals surface area contributed by atoms with Gasteiger partial charge >= 0.3 is 0 Å². The highest BCUT2D eigenvalue weighted by atomic mass is 35.5. The predicted octanol–water partition coefficient (Wildman–Crippen LogP) is 0.549. The number of rotatable bonds is 3. The van der Waals surface area contributed by atoms with Crippen molar-refractivity contribution in [3.63, 3.8) is 0 Å². The fourth-order valence-corrected chi connectivity index (χ4v) is 3.69. The summed E-state index contributed by atoms with van der Waals surface area (Å²) < 4.78 is 0. The van der Waals surface area contributed by atoms with Gasteiger partial charge in [-0.3, -0.25) is 19.3 Å². The Hall–Kier alpha value is -1.14. The summed E-state index contributed by atoms with van der Waals surface area (Å²) in [5.41, 5.74) is 0.400. The highest BCUT2D eigenvalue weighted by Crippen LogP contribution is 2.36. The molecular weight excluding hydrogens is 306 g/mol. The van der Waals surface area contributed by atoms with E-state index in [-0.39, 0.29) is 43.1 Å². The van der Waals surface area contributed by atoms with Crippen LogP contribution in [0.15, 0.2) is 0 Å². The second-order valence-corrected chi connectivity index (χ2v) is 6.50. The van der Waals surface area contributed by atoms with E-state index in [9.17, 15) is 14.4 Å². The summed E-state index contributed by atoms with van der Waals surface area (Å²) in [5.74, 6) is -0.201. The largest absolute Gasteiger partial charge is 0.343 e. The van der Waals surface area contributed by atoms with Gasteiger partial charge in [0.25, 0.3) is 0 Å². The lowest BCUT2D eigenvalue weighted by Gasteiger charge is -2.39. The Kier molecular flexibility index (Phi) is 5.45. The number of amides is 3. The van der Waals surface area contributed by atoms with Gasteiger partial charge in [-0.1, -0.05) is 0 Å². The third kappa shape index (κ3) is 3.43. The molecule has 0 radical (unpaired) electrons. The molecule has 3 fully saturated rings. The first kappa shape index (κ1) is 17.2. The molecule has 124 valence electrons. The minimum absolute atomic E-state index is 0. The highest BCUT2D eigenvalue weighted by molar-refractivity contribution is 6.02. The summed E-state index contributed by atoms with van der Waals surface area (Å²) in [6.07, 6.45) is 4.20. The molecule has 0 aromatic carbocycles. The molecule has 0 unspecified atom stereocenters. The summed E-state index contributed by atoms with van der Waals surface area (Å²) in [4.78, 5) is 38.4. The standard InChI is InChI=1S/C15H23N3O3.ClH/c19-12(3-8-18-13(20)1-2-14(18)21)17-9-5-15(6-10-17)4-7-16-11-15;/h16H,1-11H2;1H. The first-order valence-corrected chi connectivity index (χ1v) is 7.91. The Morgan fingerprint density at radius 3 is 2.27 bits per heavy atom. The topological polar surface area (TPSA) is 69.7 Å². The van der Waals surface area contributed by atoms with E-state index < -0.39 is 0 Å². The number of carbonyl (C=O) groups excluding carboxylic acids is 3. The van der Waals surface area contributed by atoms with Gasteiger partial charge in [-0.2, -0.15) is 0 Å². The van der Waals surface area contributed by atoms with E-state index in [1.807, 2.05) is 4.90 Å². The molecule has 0 atom stereocenters. The zero-order valence-corrected chi connectivity index (χ0v) is 13.6. The number of carbonyl (C=O) groups is 3. The monoisotopic (exact) mass is 329 g/mol. The minimum Gasteiger partial charge on any atom is -0.343 e. The molecule has 3 aliphatic heterocycles. The average molecular weight is 330 g/mol. The number of piperidine rings is 1. The molecule has 1 spiro atoms. The Morgan fingerprint density at radius 1 is 1.09 bits per heavy atom. The number of likely N-dealkylation sites (tertiary alicyclic amines) is 2. The smallest absolute Gasteiger partial charge is 0.229 e. The van der Waals surface area contributed by atoms with Crippen molar-refractivity contribution in [2.45, 2.75) is 38.5 Å². The molecule has 3 saturated heterocycles. The summed E-state index contributed by atoms with van der Waals surface area (Å²) in [6, 6.07) is 0. The zero-order valence-electron chi connectivity index (χ0n) is 12.8. The fourth-order valence-electron chi connectivity index (χ4n) is 3.69. The van der Waals surface area contributed by atoms with Crippen LogP contribution in [-0.2, 0) is 14.4 Å². The number of nitrogens with one attached hydrogen (secondary N) is 1. The van der Waals surface area contributed by atoms with Crippen LogP contribution in [0.1, 0.15) is 38.5 Å². The zero-order chi connectivity index (χ0) is 14.9. The molecule has 0 saturated carbocycles. The first-order chi connectivity index (χ1) is 10.1. The summed E-state index contributed by atoms with van der Waals surface area (Å²) >= 11 is 0. The third-order valence-corrected chi connectivity index (χ3v) is 5.21. The van der Waals surface area contributed by atoms with Crippen molar-refractivity contribution in [1.82, 2.24) is 15.1 Å². The van der Waals surface area contributed by atoms with Gasteiger partial charge < -0.3 is 10.2 Å². The predicted molar refractivity (Wildman–Crippen MR) is 83.6 cm³/mol. The fraction of sp³-hybridized carbons (Fsp3) is 0.800. The molecule has 3 aliphatic rings. The van der Waals surface area contributed by atoms with Crippen LogP contribution >= 0.6 is 12.4 Å². The van der Waals surface area contributed by atoms with Crippen LogP contribution in [0.3, 0.4) is 0 Å². The lowest BCUT2D eigenvalue weighted by Crippen LogP contribution is -2.45. The summed E-state index contributed by atoms with van der Waals surface area (Å²) in [5, 5.41) is 3.41. The van der Waals surface area contributed by atoms with Gasteiger partial charge in [-0.25, -0.2) is 0 Å². The van der Waals surface area contributed by atoms with Crippen molar-refractivity contribution in [3.8, 4) is 0 Å². The lowest BCUT2D eigenvalue weighted by molar-refractivity contribution is -0.139. The molecule has 0 aromatic heterocycles. The second-order valence-electron chi connectivity index (χ2n) is 6.50. The van der Waals surface area contributed by atoms with Crippen LogP contribution < -0.4 is 5.32 Å². The van der Waals surface area contributed by atoms with Crippen molar-refractivity contribution in [2.24, 2.45) is 5.41 Å². The normalized spacial score (nSPS) is 24.0. The van der Waals surface area contributed by atoms with Gasteiger partial charge in [-0.05, 0) is 31.2 Å². The van der Waals surface area contributed by atoms with E-state index in [1.54, 1.807) is 0 Å². The molecule has 6 nitrogen and oxygen atoms in total. The average Bonchev–Trinajstić information content (AvgIpc) is 3.06. The van der Waals surface area contributed by atoms with E-state index >= 15 is 0 Å². The molecule has 0 aliphatic carbocycles. The van der Waals surface area contributed by atoms with Gasteiger partial charge in [0.05, 0.1) is 0 Å². The second kappa shape index (κ2) is 6.96. The lowest BCUT2D eigenvalue weighted by atomic mass is 9.78.